The van der Waals surface area contributed by atoms with Crippen LogP contribution in [0.1, 0.15) is 22.3 Å². The molecule has 0 N–H and O–H groups in total. The first-order chi connectivity index (χ1) is 28.7. The van der Waals surface area contributed by atoms with E-state index in [1.807, 2.05) is 121 Å². The zero-order valence-electron chi connectivity index (χ0n) is 31.3. The molecule has 6 aromatic rings. The molecule has 0 radical (unpaired) electrons. The molecule has 4 heterocycles. The molecule has 4 aliphatic rings. The summed E-state index contributed by atoms with van der Waals surface area (Å²) in [6.45, 7) is 4.93. The largest absolute Gasteiger partial charge is 0.476 e. The zero-order valence-corrected chi connectivity index (χ0v) is 31.3. The second kappa shape index (κ2) is 15.7. The highest BCUT2D eigenvalue weighted by Gasteiger charge is 2.19. The van der Waals surface area contributed by atoms with Crippen molar-refractivity contribution in [3.63, 3.8) is 0 Å². The van der Waals surface area contributed by atoms with E-state index in [4.69, 9.17) is 37.9 Å². The van der Waals surface area contributed by atoms with Crippen LogP contribution in [0.25, 0.3) is 10.8 Å². The van der Waals surface area contributed by atoms with E-state index < -0.39 is 0 Å². The highest BCUT2D eigenvalue weighted by molar-refractivity contribution is 5.98. The summed E-state index contributed by atoms with van der Waals surface area (Å²) in [5.74, 6) is 7.11. The number of fused-ring (bicyclic) bond motifs is 1. The van der Waals surface area contributed by atoms with Gasteiger partial charge in [-0.2, -0.15) is 0 Å². The molecule has 12 nitrogen and oxygen atoms in total. The van der Waals surface area contributed by atoms with Crippen LogP contribution in [-0.4, -0.2) is 76.2 Å². The number of aliphatic imine (C=N–C) groups is 4. The Morgan fingerprint density at radius 1 is 0.310 bits per heavy atom. The van der Waals surface area contributed by atoms with E-state index in [1.165, 1.54) is 0 Å². The van der Waals surface area contributed by atoms with Crippen LogP contribution in [0.2, 0.25) is 0 Å². The van der Waals surface area contributed by atoms with E-state index in [9.17, 15) is 0 Å². The molecule has 4 aliphatic heterocycles. The third kappa shape index (κ3) is 7.59. The minimum atomic E-state index is 0.522. The molecule has 10 rings (SSSR count). The van der Waals surface area contributed by atoms with Gasteiger partial charge in [0.2, 0.25) is 23.6 Å². The van der Waals surface area contributed by atoms with Crippen molar-refractivity contribution in [2.75, 3.05) is 52.6 Å². The summed E-state index contributed by atoms with van der Waals surface area (Å²) in [6.07, 6.45) is 0. The van der Waals surface area contributed by atoms with Crippen molar-refractivity contribution in [3.8, 4) is 46.0 Å². The maximum Gasteiger partial charge on any atom is 0.216 e. The fourth-order valence-corrected chi connectivity index (χ4v) is 6.86. The van der Waals surface area contributed by atoms with Gasteiger partial charge < -0.3 is 37.9 Å². The van der Waals surface area contributed by atoms with Crippen molar-refractivity contribution < 1.29 is 37.9 Å². The van der Waals surface area contributed by atoms with Gasteiger partial charge in [-0.05, 0) is 109 Å². The first-order valence-electron chi connectivity index (χ1n) is 19.1. The zero-order chi connectivity index (χ0) is 38.7. The lowest BCUT2D eigenvalue weighted by Gasteiger charge is -2.18. The minimum absolute atomic E-state index is 0.522. The number of benzene rings is 6. The average Bonchev–Trinajstić information content (AvgIpc) is 4.12. The van der Waals surface area contributed by atoms with Crippen molar-refractivity contribution in [3.05, 3.63) is 144 Å². The Kier molecular flexibility index (Phi) is 9.48. The highest BCUT2D eigenvalue weighted by Crippen LogP contribution is 2.44. The summed E-state index contributed by atoms with van der Waals surface area (Å²) in [4.78, 5) is 17.8. The molecule has 0 aliphatic carbocycles. The van der Waals surface area contributed by atoms with Crippen LogP contribution < -0.4 is 18.9 Å². The third-order valence-electron chi connectivity index (χ3n) is 9.61. The summed E-state index contributed by atoms with van der Waals surface area (Å²) >= 11 is 0. The lowest BCUT2D eigenvalue weighted by molar-refractivity contribution is 0.348. The molecule has 6 aromatic carbocycles. The van der Waals surface area contributed by atoms with Gasteiger partial charge in [-0.3, -0.25) is 0 Å². The van der Waals surface area contributed by atoms with Gasteiger partial charge in [-0.1, -0.05) is 0 Å². The molecule has 0 aromatic heterocycles. The lowest BCUT2D eigenvalue weighted by atomic mass is 10.1. The van der Waals surface area contributed by atoms with Gasteiger partial charge in [0.1, 0.15) is 72.4 Å². The Hall–Kier alpha value is -7.34. The van der Waals surface area contributed by atoms with Gasteiger partial charge in [0.25, 0.3) is 0 Å². The molecule has 58 heavy (non-hydrogen) atoms. The van der Waals surface area contributed by atoms with Crippen LogP contribution in [-0.2, 0) is 18.9 Å². The standard InChI is InChI=1S/C46H36N4O8/c1-9-33(10-2-29(1)43-47-17-21-51-43)55-37-25-39-40(41(27-37)57-35-13-5-31(6-14-35)45-49-19-23-53-45)26-38(56-34-11-3-30(4-12-34)44-48-18-22-52-44)28-42(39)58-36-15-7-32(8-16-36)46-50-20-24-54-46/h1-16,25-28H,17-24H2. The average molecular weight is 773 g/mol. The van der Waals surface area contributed by atoms with Crippen LogP contribution >= 0.6 is 0 Å². The predicted octanol–water partition coefficient (Wildman–Crippen LogP) is 9.12. The molecule has 0 saturated heterocycles. The maximum absolute atomic E-state index is 6.67. The topological polar surface area (TPSA) is 123 Å². The van der Waals surface area contributed by atoms with E-state index in [1.54, 1.807) is 0 Å². The van der Waals surface area contributed by atoms with E-state index in [0.717, 1.165) is 33.0 Å². The Balaban J connectivity index is 1.04. The Morgan fingerprint density at radius 2 is 0.586 bits per heavy atom. The fraction of sp³-hybridized carbons (Fsp3) is 0.174. The van der Waals surface area contributed by atoms with E-state index in [-0.39, 0.29) is 0 Å². The van der Waals surface area contributed by atoms with Gasteiger partial charge >= 0.3 is 0 Å². The van der Waals surface area contributed by atoms with Crippen LogP contribution in [0.5, 0.6) is 46.0 Å². The van der Waals surface area contributed by atoms with Gasteiger partial charge in [-0.25, -0.2) is 20.0 Å². The van der Waals surface area contributed by atoms with Crippen LogP contribution in [0, 0.1) is 0 Å². The summed E-state index contributed by atoms with van der Waals surface area (Å²) < 4.78 is 49.0. The summed E-state index contributed by atoms with van der Waals surface area (Å²) in [5, 5.41) is 1.46. The molecule has 0 spiro atoms. The Labute approximate surface area is 333 Å². The number of nitrogens with zero attached hydrogens (tertiary/aromatic N) is 4. The van der Waals surface area contributed by atoms with E-state index >= 15 is 0 Å². The van der Waals surface area contributed by atoms with Gasteiger partial charge in [0.05, 0.1) is 26.2 Å². The second-order valence-electron chi connectivity index (χ2n) is 13.6. The fourth-order valence-electron chi connectivity index (χ4n) is 6.86. The lowest BCUT2D eigenvalue weighted by Crippen LogP contribution is -2.01. The molecular formula is C46H36N4O8. The normalized spacial score (nSPS) is 15.7. The molecule has 0 unspecified atom stereocenters. The highest BCUT2D eigenvalue weighted by atomic mass is 16.5. The molecule has 0 fully saturated rings. The van der Waals surface area contributed by atoms with Crippen molar-refractivity contribution in [2.24, 2.45) is 20.0 Å². The van der Waals surface area contributed by atoms with E-state index in [2.05, 4.69) is 20.0 Å². The third-order valence-corrected chi connectivity index (χ3v) is 9.61. The number of hydrogen-bond donors (Lipinski definition) is 0. The van der Waals surface area contributed by atoms with Crippen LogP contribution in [0.4, 0.5) is 0 Å². The number of ether oxygens (including phenoxy) is 8. The summed E-state index contributed by atoms with van der Waals surface area (Å²) in [7, 11) is 0. The van der Waals surface area contributed by atoms with Crippen molar-refractivity contribution >= 4 is 34.4 Å². The quantitative estimate of drug-likeness (QED) is 0.121. The molecule has 0 atom stereocenters. The van der Waals surface area contributed by atoms with Gasteiger partial charge in [-0.15, -0.1) is 0 Å². The first-order valence-corrected chi connectivity index (χ1v) is 19.1. The maximum atomic E-state index is 6.67. The smallest absolute Gasteiger partial charge is 0.216 e. The second-order valence-corrected chi connectivity index (χ2v) is 13.6. The number of hydrogen-bond acceptors (Lipinski definition) is 12. The van der Waals surface area contributed by atoms with Crippen LogP contribution in [0.3, 0.4) is 0 Å². The molecule has 12 heteroatoms. The predicted molar refractivity (Wildman–Crippen MR) is 219 cm³/mol. The van der Waals surface area contributed by atoms with Gasteiger partial charge in [0.15, 0.2) is 0 Å². The van der Waals surface area contributed by atoms with Crippen LogP contribution in [0.15, 0.2) is 141 Å². The molecule has 0 saturated carbocycles. The first kappa shape index (κ1) is 35.1. The minimum Gasteiger partial charge on any atom is -0.476 e. The van der Waals surface area contributed by atoms with Gasteiger partial charge in [0, 0.05) is 45.2 Å². The molecule has 288 valence electrons. The molecule has 0 amide bonds. The van der Waals surface area contributed by atoms with Crippen molar-refractivity contribution in [1.82, 2.24) is 0 Å². The SMILES string of the molecule is c1cc(C2=NCCO2)ccc1Oc1cc(Oc2ccc(C3=NCCO3)cc2)c2cc(Oc3ccc(C4=NCCO4)cc3)cc(Oc3ccc(C4=NCCO4)cc3)c2c1. The Bertz CT molecular complexity index is 2420. The summed E-state index contributed by atoms with van der Waals surface area (Å²) in [6, 6.07) is 38.2. The monoisotopic (exact) mass is 772 g/mol. The summed E-state index contributed by atoms with van der Waals surface area (Å²) in [5.41, 5.74) is 3.54. The Morgan fingerprint density at radius 3 is 0.845 bits per heavy atom. The number of rotatable bonds is 12. The molecular weight excluding hydrogens is 737 g/mol. The van der Waals surface area contributed by atoms with Crippen molar-refractivity contribution in [2.45, 2.75) is 0 Å². The van der Waals surface area contributed by atoms with E-state index in [0.29, 0.717) is 122 Å². The van der Waals surface area contributed by atoms with Crippen molar-refractivity contribution in [1.29, 1.82) is 0 Å². The molecule has 0 bridgehead atoms.